The van der Waals surface area contributed by atoms with Crippen LogP contribution >= 0.6 is 0 Å². The summed E-state index contributed by atoms with van der Waals surface area (Å²) in [6.45, 7) is 15.4. The van der Waals surface area contributed by atoms with Crippen molar-refractivity contribution in [3.8, 4) is 0 Å². The smallest absolute Gasteiger partial charge is 0.111 e. The third-order valence-electron chi connectivity index (χ3n) is 4.71. The van der Waals surface area contributed by atoms with Crippen LogP contribution in [0, 0.1) is 0 Å². The van der Waals surface area contributed by atoms with E-state index >= 15 is 0 Å². The van der Waals surface area contributed by atoms with E-state index in [9.17, 15) is 0 Å². The van der Waals surface area contributed by atoms with E-state index in [0.717, 1.165) is 13.0 Å². The Bertz CT molecular complexity index is 386. The van der Waals surface area contributed by atoms with Crippen LogP contribution in [0.4, 0.5) is 0 Å². The Balaban J connectivity index is 3.00. The third kappa shape index (κ3) is 33.2. The van der Waals surface area contributed by atoms with Crippen molar-refractivity contribution in [3.05, 3.63) is 12.8 Å². The molecule has 9 nitrogen and oxygen atoms in total. The van der Waals surface area contributed by atoms with E-state index in [0.29, 0.717) is 106 Å². The Morgan fingerprint density at radius 1 is 0.371 bits per heavy atom. The molecule has 0 aromatic rings. The lowest BCUT2D eigenvalue weighted by Gasteiger charge is -2.08. The zero-order valence-corrected chi connectivity index (χ0v) is 22.2. The maximum absolute atomic E-state index is 5.57. The molecule has 0 unspecified atom stereocenters. The monoisotopic (exact) mass is 508 g/mol. The molecule has 0 aliphatic heterocycles. The van der Waals surface area contributed by atoms with Crippen LogP contribution in [-0.2, 0) is 42.6 Å². The summed E-state index contributed by atoms with van der Waals surface area (Å²) >= 11 is 0. The highest BCUT2D eigenvalue weighted by Crippen LogP contribution is 2.04. The van der Waals surface area contributed by atoms with Crippen molar-refractivity contribution in [3.63, 3.8) is 0 Å². The van der Waals surface area contributed by atoms with E-state index in [-0.39, 0.29) is 0 Å². The van der Waals surface area contributed by atoms with E-state index in [1.54, 1.807) is 0 Å². The predicted octanol–water partition coefficient (Wildman–Crippen LogP) is 3.64. The van der Waals surface area contributed by atoms with Crippen LogP contribution in [0.15, 0.2) is 12.8 Å². The summed E-state index contributed by atoms with van der Waals surface area (Å²) in [7, 11) is 0. The van der Waals surface area contributed by atoms with Gasteiger partial charge in [0.15, 0.2) is 0 Å². The highest BCUT2D eigenvalue weighted by atomic mass is 16.6. The van der Waals surface area contributed by atoms with Gasteiger partial charge in [0.2, 0.25) is 0 Å². The molecule has 0 aliphatic carbocycles. The molecule has 0 aromatic carbocycles. The second kappa shape index (κ2) is 33.2. The summed E-state index contributed by atoms with van der Waals surface area (Å²) in [6.07, 6.45) is 9.11. The van der Waals surface area contributed by atoms with Gasteiger partial charge >= 0.3 is 0 Å². The summed E-state index contributed by atoms with van der Waals surface area (Å²) in [6, 6.07) is 0. The zero-order chi connectivity index (χ0) is 25.3. The SMILES string of the molecule is C=COCCOCCOCCOCCOCCOCCOCCOCCOCCCCCCCC. The van der Waals surface area contributed by atoms with Crippen molar-refractivity contribution in [1.82, 2.24) is 0 Å². The maximum atomic E-state index is 5.57. The first-order valence-electron chi connectivity index (χ1n) is 13.3. The van der Waals surface area contributed by atoms with E-state index < -0.39 is 0 Å². The van der Waals surface area contributed by atoms with Crippen LogP contribution in [-0.4, -0.2) is 112 Å². The van der Waals surface area contributed by atoms with E-state index in [2.05, 4.69) is 13.5 Å². The first-order valence-corrected chi connectivity index (χ1v) is 13.3. The molecule has 0 N–H and O–H groups in total. The summed E-state index contributed by atoms with van der Waals surface area (Å²) < 4.78 is 48.5. The molecular formula is C26H52O9. The van der Waals surface area contributed by atoms with Gasteiger partial charge in [-0.25, -0.2) is 0 Å². The molecule has 0 amide bonds. The number of rotatable bonds is 32. The highest BCUT2D eigenvalue weighted by Gasteiger charge is 1.96. The molecule has 210 valence electrons. The molecule has 0 aromatic heterocycles. The second-order valence-electron chi connectivity index (χ2n) is 7.70. The molecule has 0 fully saturated rings. The highest BCUT2D eigenvalue weighted by molar-refractivity contribution is 4.48. The largest absolute Gasteiger partial charge is 0.499 e. The van der Waals surface area contributed by atoms with Crippen molar-refractivity contribution in [2.75, 3.05) is 112 Å². The Hall–Kier alpha value is -0.780. The summed E-state index contributed by atoms with van der Waals surface area (Å²) in [5, 5.41) is 0. The van der Waals surface area contributed by atoms with Gasteiger partial charge in [-0.2, -0.15) is 0 Å². The minimum atomic E-state index is 0.511. The Morgan fingerprint density at radius 3 is 1.00 bits per heavy atom. The fourth-order valence-electron chi connectivity index (χ4n) is 2.82. The second-order valence-corrected chi connectivity index (χ2v) is 7.70. The summed E-state index contributed by atoms with van der Waals surface area (Å²) in [4.78, 5) is 0. The Morgan fingerprint density at radius 2 is 0.657 bits per heavy atom. The molecule has 9 heteroatoms. The van der Waals surface area contributed by atoms with Gasteiger partial charge in [-0.3, -0.25) is 0 Å². The van der Waals surface area contributed by atoms with Crippen molar-refractivity contribution in [2.24, 2.45) is 0 Å². The van der Waals surface area contributed by atoms with Crippen LogP contribution in [0.1, 0.15) is 45.4 Å². The normalized spacial score (nSPS) is 11.2. The van der Waals surface area contributed by atoms with E-state index in [1.807, 2.05) is 0 Å². The number of unbranched alkanes of at least 4 members (excludes halogenated alkanes) is 5. The third-order valence-corrected chi connectivity index (χ3v) is 4.71. The van der Waals surface area contributed by atoms with Crippen molar-refractivity contribution < 1.29 is 42.6 Å². The lowest BCUT2D eigenvalue weighted by atomic mass is 10.1. The molecule has 0 bridgehead atoms. The van der Waals surface area contributed by atoms with Gasteiger partial charge in [0.25, 0.3) is 0 Å². The Kier molecular flexibility index (Phi) is 32.5. The van der Waals surface area contributed by atoms with Gasteiger partial charge in [0.1, 0.15) is 6.61 Å². The maximum Gasteiger partial charge on any atom is 0.111 e. The molecule has 0 rings (SSSR count). The van der Waals surface area contributed by atoms with Gasteiger partial charge in [0, 0.05) is 6.61 Å². The zero-order valence-electron chi connectivity index (χ0n) is 22.2. The standard InChI is InChI=1S/C26H52O9/c1-3-5-6-7-8-9-10-28-13-14-30-17-18-32-21-22-34-25-26-35-24-23-33-20-19-31-16-15-29-12-11-27-4-2/h4H,2-3,5-26H2,1H3. The number of ether oxygens (including phenoxy) is 9. The fraction of sp³-hybridized carbons (Fsp3) is 0.923. The van der Waals surface area contributed by atoms with Gasteiger partial charge in [-0.05, 0) is 6.42 Å². The van der Waals surface area contributed by atoms with Crippen LogP contribution in [0.2, 0.25) is 0 Å². The molecule has 0 saturated carbocycles. The van der Waals surface area contributed by atoms with Crippen LogP contribution in [0.3, 0.4) is 0 Å². The summed E-state index contributed by atoms with van der Waals surface area (Å²) in [5.74, 6) is 0. The lowest BCUT2D eigenvalue weighted by molar-refractivity contribution is -0.0239. The average molecular weight is 509 g/mol. The van der Waals surface area contributed by atoms with Gasteiger partial charge in [0.05, 0.1) is 105 Å². The molecule has 0 heterocycles. The van der Waals surface area contributed by atoms with E-state index in [1.165, 1.54) is 38.4 Å². The van der Waals surface area contributed by atoms with Crippen molar-refractivity contribution in [2.45, 2.75) is 45.4 Å². The van der Waals surface area contributed by atoms with Gasteiger partial charge in [-0.15, -0.1) is 0 Å². The van der Waals surface area contributed by atoms with Crippen molar-refractivity contribution in [1.29, 1.82) is 0 Å². The quantitative estimate of drug-likeness (QED) is 0.0999. The molecule has 35 heavy (non-hydrogen) atoms. The van der Waals surface area contributed by atoms with Crippen molar-refractivity contribution >= 4 is 0 Å². The molecule has 0 aliphatic rings. The minimum Gasteiger partial charge on any atom is -0.499 e. The van der Waals surface area contributed by atoms with E-state index in [4.69, 9.17) is 42.6 Å². The number of hydrogen-bond acceptors (Lipinski definition) is 9. The molecule has 0 atom stereocenters. The first-order chi connectivity index (χ1) is 17.4. The minimum absolute atomic E-state index is 0.511. The predicted molar refractivity (Wildman–Crippen MR) is 136 cm³/mol. The van der Waals surface area contributed by atoms with Gasteiger partial charge < -0.3 is 42.6 Å². The fourth-order valence-corrected chi connectivity index (χ4v) is 2.82. The Labute approximate surface area is 213 Å². The summed E-state index contributed by atoms with van der Waals surface area (Å²) in [5.41, 5.74) is 0. The molecule has 0 saturated heterocycles. The van der Waals surface area contributed by atoms with Gasteiger partial charge in [-0.1, -0.05) is 45.6 Å². The van der Waals surface area contributed by atoms with Crippen LogP contribution in [0.25, 0.3) is 0 Å². The number of hydrogen-bond donors (Lipinski definition) is 0. The van der Waals surface area contributed by atoms with Crippen LogP contribution in [0.5, 0.6) is 0 Å². The molecule has 0 radical (unpaired) electrons. The molecule has 0 spiro atoms. The lowest BCUT2D eigenvalue weighted by Crippen LogP contribution is -2.15. The average Bonchev–Trinajstić information content (AvgIpc) is 2.87. The first kappa shape index (κ1) is 34.2. The topological polar surface area (TPSA) is 83.1 Å². The molecular weight excluding hydrogens is 456 g/mol. The van der Waals surface area contributed by atoms with Crippen LogP contribution < -0.4 is 0 Å².